The van der Waals surface area contributed by atoms with Crippen LogP contribution in [0.4, 0.5) is 5.69 Å². The molecule has 0 fully saturated rings. The van der Waals surface area contributed by atoms with Crippen molar-refractivity contribution in [2.75, 3.05) is 11.9 Å². The van der Waals surface area contributed by atoms with Gasteiger partial charge in [-0.25, -0.2) is 0 Å². The Labute approximate surface area is 123 Å². The molecule has 0 aliphatic heterocycles. The number of hydrogen-bond acceptors (Lipinski definition) is 3. The molecule has 0 unspecified atom stereocenters. The van der Waals surface area contributed by atoms with Gasteiger partial charge in [-0.15, -0.1) is 0 Å². The highest BCUT2D eigenvalue weighted by Crippen LogP contribution is 2.17. The number of aliphatic hydroxyl groups is 1. The minimum atomic E-state index is -0.251. The first-order chi connectivity index (χ1) is 10.2. The lowest BCUT2D eigenvalue weighted by atomic mass is 10.1. The Morgan fingerprint density at radius 1 is 1.33 bits per heavy atom. The molecule has 2 rings (SSSR count). The summed E-state index contributed by atoms with van der Waals surface area (Å²) in [5.74, 6) is 5.56. The number of nitrogens with zero attached hydrogens (tertiary/aromatic N) is 1. The van der Waals surface area contributed by atoms with Crippen LogP contribution in [-0.2, 0) is 0 Å². The van der Waals surface area contributed by atoms with E-state index in [-0.39, 0.29) is 12.5 Å². The number of carbonyl (C=O) groups is 1. The zero-order chi connectivity index (χ0) is 15.1. The fourth-order valence-electron chi connectivity index (χ4n) is 1.74. The molecule has 2 aromatic rings. The topological polar surface area (TPSA) is 62.2 Å². The van der Waals surface area contributed by atoms with E-state index >= 15 is 0 Å². The Morgan fingerprint density at radius 2 is 2.19 bits per heavy atom. The molecule has 1 amide bonds. The summed E-state index contributed by atoms with van der Waals surface area (Å²) in [6.45, 7) is 1.96. The molecule has 2 N–H and O–H groups in total. The van der Waals surface area contributed by atoms with Gasteiger partial charge in [0.25, 0.3) is 5.91 Å². The molecule has 106 valence electrons. The van der Waals surface area contributed by atoms with Crippen molar-refractivity contribution >= 4 is 11.6 Å². The molecule has 0 saturated heterocycles. The van der Waals surface area contributed by atoms with Crippen LogP contribution in [0.3, 0.4) is 0 Å². The van der Waals surface area contributed by atoms with Crippen LogP contribution in [0, 0.1) is 18.8 Å². The number of nitrogens with one attached hydrogen (secondary N) is 1. The van der Waals surface area contributed by atoms with Crippen molar-refractivity contribution in [3.63, 3.8) is 0 Å². The Hall–Kier alpha value is -2.64. The van der Waals surface area contributed by atoms with Crippen molar-refractivity contribution < 1.29 is 9.90 Å². The monoisotopic (exact) mass is 280 g/mol. The van der Waals surface area contributed by atoms with Gasteiger partial charge >= 0.3 is 0 Å². The fraction of sp³-hybridized carbons (Fsp3) is 0.176. The lowest BCUT2D eigenvalue weighted by molar-refractivity contribution is 0.102. The first-order valence-electron chi connectivity index (χ1n) is 6.63. The van der Waals surface area contributed by atoms with Gasteiger partial charge in [-0.2, -0.15) is 0 Å². The maximum atomic E-state index is 12.1. The fourth-order valence-corrected chi connectivity index (χ4v) is 1.74. The number of benzene rings is 1. The smallest absolute Gasteiger partial charge is 0.274 e. The lowest BCUT2D eigenvalue weighted by Gasteiger charge is -2.08. The van der Waals surface area contributed by atoms with Gasteiger partial charge in [0, 0.05) is 23.9 Å². The van der Waals surface area contributed by atoms with Crippen molar-refractivity contribution in [1.82, 2.24) is 4.98 Å². The summed E-state index contributed by atoms with van der Waals surface area (Å²) in [5.41, 5.74) is 2.83. The summed E-state index contributed by atoms with van der Waals surface area (Å²) in [6, 6.07) is 10.8. The van der Waals surface area contributed by atoms with E-state index in [9.17, 15) is 4.79 Å². The lowest BCUT2D eigenvalue weighted by Crippen LogP contribution is -2.14. The largest absolute Gasteiger partial charge is 0.395 e. The summed E-state index contributed by atoms with van der Waals surface area (Å²) in [7, 11) is 0. The molecule has 0 aliphatic carbocycles. The molecule has 21 heavy (non-hydrogen) atoms. The minimum absolute atomic E-state index is 0.0438. The molecule has 1 heterocycles. The number of hydrogen-bond donors (Lipinski definition) is 2. The SMILES string of the molecule is Cc1ccc(C#CCCO)cc1NC(=O)c1ccccn1. The standard InChI is InChI=1S/C17H16N2O2/c1-13-8-9-14(6-3-5-11-20)12-16(13)19-17(21)15-7-2-4-10-18-15/h2,4,7-10,12,20H,5,11H2,1H3,(H,19,21). The average Bonchev–Trinajstić information content (AvgIpc) is 2.51. The molecule has 4 nitrogen and oxygen atoms in total. The van der Waals surface area contributed by atoms with Gasteiger partial charge in [0.05, 0.1) is 6.61 Å². The molecule has 4 heteroatoms. The predicted octanol–water partition coefficient (Wildman–Crippen LogP) is 2.38. The van der Waals surface area contributed by atoms with Crippen LogP contribution < -0.4 is 5.32 Å². The maximum absolute atomic E-state index is 12.1. The first-order valence-corrected chi connectivity index (χ1v) is 6.63. The molecule has 0 radical (unpaired) electrons. The zero-order valence-electron chi connectivity index (χ0n) is 11.8. The molecule has 0 aliphatic rings. The van der Waals surface area contributed by atoms with Crippen LogP contribution in [-0.4, -0.2) is 22.6 Å². The van der Waals surface area contributed by atoms with Gasteiger partial charge in [-0.1, -0.05) is 24.0 Å². The van der Waals surface area contributed by atoms with Crippen molar-refractivity contribution in [1.29, 1.82) is 0 Å². The number of aliphatic hydroxyl groups excluding tert-OH is 1. The van der Waals surface area contributed by atoms with Crippen LogP contribution >= 0.6 is 0 Å². The van der Waals surface area contributed by atoms with E-state index in [0.717, 1.165) is 11.1 Å². The molecular weight excluding hydrogens is 264 g/mol. The van der Waals surface area contributed by atoms with Gasteiger partial charge in [0.2, 0.25) is 0 Å². The minimum Gasteiger partial charge on any atom is -0.395 e. The third-order valence-electron chi connectivity index (χ3n) is 2.85. The molecule has 0 atom stereocenters. The highest BCUT2D eigenvalue weighted by Gasteiger charge is 2.08. The number of pyridine rings is 1. The second-order valence-electron chi connectivity index (χ2n) is 4.47. The maximum Gasteiger partial charge on any atom is 0.274 e. The summed E-state index contributed by atoms with van der Waals surface area (Å²) >= 11 is 0. The van der Waals surface area contributed by atoms with Gasteiger partial charge in [0.1, 0.15) is 5.69 Å². The second-order valence-corrected chi connectivity index (χ2v) is 4.47. The van der Waals surface area contributed by atoms with Gasteiger partial charge in [0.15, 0.2) is 0 Å². The third kappa shape index (κ3) is 4.16. The number of amides is 1. The molecule has 1 aromatic carbocycles. The number of anilines is 1. The predicted molar refractivity (Wildman–Crippen MR) is 82.0 cm³/mol. The van der Waals surface area contributed by atoms with E-state index in [0.29, 0.717) is 17.8 Å². The Kier molecular flexibility index (Phi) is 5.08. The summed E-state index contributed by atoms with van der Waals surface area (Å²) in [5, 5.41) is 11.6. The van der Waals surface area contributed by atoms with E-state index in [1.165, 1.54) is 0 Å². The van der Waals surface area contributed by atoms with Gasteiger partial charge in [-0.3, -0.25) is 9.78 Å². The number of aromatic nitrogens is 1. The summed E-state index contributed by atoms with van der Waals surface area (Å²) < 4.78 is 0. The van der Waals surface area contributed by atoms with Crippen LogP contribution in [0.15, 0.2) is 42.6 Å². The molecule has 0 bridgehead atoms. The molecular formula is C17H16N2O2. The number of rotatable bonds is 3. The molecule has 0 spiro atoms. The van der Waals surface area contributed by atoms with E-state index in [1.807, 2.05) is 25.1 Å². The summed E-state index contributed by atoms with van der Waals surface area (Å²) in [4.78, 5) is 16.1. The Balaban J connectivity index is 2.18. The van der Waals surface area contributed by atoms with E-state index < -0.39 is 0 Å². The molecule has 1 aromatic heterocycles. The average molecular weight is 280 g/mol. The van der Waals surface area contributed by atoms with E-state index in [4.69, 9.17) is 5.11 Å². The van der Waals surface area contributed by atoms with Crippen LogP contribution in [0.5, 0.6) is 0 Å². The Morgan fingerprint density at radius 3 is 2.90 bits per heavy atom. The number of carbonyl (C=O) groups excluding carboxylic acids is 1. The Bertz CT molecular complexity index is 685. The summed E-state index contributed by atoms with van der Waals surface area (Å²) in [6.07, 6.45) is 2.02. The normalized spacial score (nSPS) is 9.62. The highest BCUT2D eigenvalue weighted by atomic mass is 16.2. The van der Waals surface area contributed by atoms with Gasteiger partial charge in [-0.05, 0) is 36.8 Å². The van der Waals surface area contributed by atoms with Crippen molar-refractivity contribution in [3.05, 3.63) is 59.4 Å². The second kappa shape index (κ2) is 7.22. The van der Waals surface area contributed by atoms with Crippen LogP contribution in [0.1, 0.15) is 28.0 Å². The van der Waals surface area contributed by atoms with E-state index in [2.05, 4.69) is 22.1 Å². The van der Waals surface area contributed by atoms with E-state index in [1.54, 1.807) is 24.4 Å². The third-order valence-corrected chi connectivity index (χ3v) is 2.85. The van der Waals surface area contributed by atoms with Crippen molar-refractivity contribution in [2.45, 2.75) is 13.3 Å². The highest BCUT2D eigenvalue weighted by molar-refractivity contribution is 6.03. The van der Waals surface area contributed by atoms with Crippen LogP contribution in [0.25, 0.3) is 0 Å². The quantitative estimate of drug-likeness (QED) is 0.849. The van der Waals surface area contributed by atoms with Crippen molar-refractivity contribution in [3.8, 4) is 11.8 Å². The van der Waals surface area contributed by atoms with Gasteiger partial charge < -0.3 is 10.4 Å². The first kappa shape index (κ1) is 14.8. The zero-order valence-corrected chi connectivity index (χ0v) is 11.8. The molecule has 0 saturated carbocycles. The van der Waals surface area contributed by atoms with Crippen molar-refractivity contribution in [2.24, 2.45) is 0 Å². The van der Waals surface area contributed by atoms with Crippen LogP contribution in [0.2, 0.25) is 0 Å². The number of aryl methyl sites for hydroxylation is 1.